The highest BCUT2D eigenvalue weighted by molar-refractivity contribution is 5.81. The Morgan fingerprint density at radius 3 is 2.90 bits per heavy atom. The maximum Gasteiger partial charge on any atom is 0.238 e. The Bertz CT molecular complexity index is 363. The number of nitrogens with zero attached hydrogens (tertiary/aromatic N) is 1. The van der Waals surface area contributed by atoms with Crippen molar-refractivity contribution >= 4 is 5.91 Å². The lowest BCUT2D eigenvalue weighted by molar-refractivity contribution is -0.141. The average Bonchev–Trinajstić information content (AvgIpc) is 2.55. The first-order valence-corrected chi connectivity index (χ1v) is 8.56. The van der Waals surface area contributed by atoms with Gasteiger partial charge in [0.2, 0.25) is 5.91 Å². The van der Waals surface area contributed by atoms with Gasteiger partial charge in [-0.25, -0.2) is 0 Å². The molecule has 1 aliphatic carbocycles. The molecule has 2 unspecified atom stereocenters. The zero-order valence-electron chi connectivity index (χ0n) is 13.2. The molecule has 2 saturated heterocycles. The summed E-state index contributed by atoms with van der Waals surface area (Å²) in [4.78, 5) is 14.6. The summed E-state index contributed by atoms with van der Waals surface area (Å²) in [7, 11) is 1.74. The third kappa shape index (κ3) is 3.25. The van der Waals surface area contributed by atoms with Crippen LogP contribution in [0.2, 0.25) is 0 Å². The molecular weight excluding hydrogens is 266 g/mol. The predicted molar refractivity (Wildman–Crippen MR) is 82.2 cm³/mol. The number of amides is 1. The maximum absolute atomic E-state index is 12.2. The molecule has 2 atom stereocenters. The molecule has 5 heteroatoms. The molecule has 1 amide bonds. The first kappa shape index (κ1) is 15.3. The zero-order valence-corrected chi connectivity index (χ0v) is 13.2. The van der Waals surface area contributed by atoms with Gasteiger partial charge in [-0.05, 0) is 25.7 Å². The standard InChI is InChI=1S/C16H29N3O2/c1-17-15(20)14-12-18-8-9-19(14)13-5-10-21-16(11-13)6-3-2-4-7-16/h13-14,18H,2-12H2,1H3,(H,17,20). The molecular formula is C16H29N3O2. The number of nitrogens with one attached hydrogen (secondary N) is 2. The fourth-order valence-electron chi connectivity index (χ4n) is 4.40. The predicted octanol–water partition coefficient (Wildman–Crippen LogP) is 0.888. The summed E-state index contributed by atoms with van der Waals surface area (Å²) >= 11 is 0. The average molecular weight is 295 g/mol. The molecule has 120 valence electrons. The minimum absolute atomic E-state index is 0.0208. The summed E-state index contributed by atoms with van der Waals surface area (Å²) in [5.74, 6) is 0.145. The molecule has 3 rings (SSSR count). The molecule has 3 fully saturated rings. The molecule has 0 aromatic heterocycles. The molecule has 1 spiro atoms. The van der Waals surface area contributed by atoms with E-state index in [9.17, 15) is 4.79 Å². The number of ether oxygens (including phenoxy) is 1. The first-order chi connectivity index (χ1) is 10.2. The summed E-state index contributed by atoms with van der Waals surface area (Å²) in [6.45, 7) is 3.58. The number of likely N-dealkylation sites (N-methyl/N-ethyl adjacent to an activating group) is 1. The fraction of sp³-hybridized carbons (Fsp3) is 0.938. The minimum atomic E-state index is -0.0208. The van der Waals surface area contributed by atoms with Crippen LogP contribution in [0.15, 0.2) is 0 Å². The highest BCUT2D eigenvalue weighted by Gasteiger charge is 2.43. The SMILES string of the molecule is CNC(=O)C1CNCCN1C1CCOC2(CCCCC2)C1. The molecule has 21 heavy (non-hydrogen) atoms. The molecule has 2 aliphatic heterocycles. The molecule has 0 aromatic carbocycles. The molecule has 3 aliphatic rings. The Kier molecular flexibility index (Phi) is 4.82. The third-order valence-electron chi connectivity index (χ3n) is 5.53. The van der Waals surface area contributed by atoms with Gasteiger partial charge in [0.1, 0.15) is 6.04 Å². The second-order valence-corrected chi connectivity index (χ2v) is 6.81. The van der Waals surface area contributed by atoms with E-state index in [-0.39, 0.29) is 17.6 Å². The van der Waals surface area contributed by atoms with Crippen molar-refractivity contribution in [3.8, 4) is 0 Å². The Hall–Kier alpha value is -0.650. The minimum Gasteiger partial charge on any atom is -0.375 e. The topological polar surface area (TPSA) is 53.6 Å². The van der Waals surface area contributed by atoms with E-state index in [2.05, 4.69) is 15.5 Å². The Balaban J connectivity index is 1.70. The van der Waals surface area contributed by atoms with Crippen LogP contribution in [-0.2, 0) is 9.53 Å². The fourth-order valence-corrected chi connectivity index (χ4v) is 4.40. The van der Waals surface area contributed by atoms with Crippen molar-refractivity contribution in [3.05, 3.63) is 0 Å². The quantitative estimate of drug-likeness (QED) is 0.794. The van der Waals surface area contributed by atoms with Crippen molar-refractivity contribution in [2.45, 2.75) is 62.6 Å². The van der Waals surface area contributed by atoms with Gasteiger partial charge in [0.25, 0.3) is 0 Å². The number of rotatable bonds is 2. The van der Waals surface area contributed by atoms with Crippen LogP contribution in [-0.4, -0.2) is 61.8 Å². The normalized spacial score (nSPS) is 33.8. The van der Waals surface area contributed by atoms with Crippen LogP contribution in [0.25, 0.3) is 0 Å². The zero-order chi connectivity index (χ0) is 14.7. The van der Waals surface area contributed by atoms with Crippen molar-refractivity contribution in [3.63, 3.8) is 0 Å². The van der Waals surface area contributed by atoms with Crippen molar-refractivity contribution in [2.75, 3.05) is 33.3 Å². The van der Waals surface area contributed by atoms with E-state index in [1.165, 1.54) is 32.1 Å². The summed E-state index contributed by atoms with van der Waals surface area (Å²) in [6.07, 6.45) is 8.54. The summed E-state index contributed by atoms with van der Waals surface area (Å²) < 4.78 is 6.21. The lowest BCUT2D eigenvalue weighted by Gasteiger charge is -2.49. The smallest absolute Gasteiger partial charge is 0.238 e. The van der Waals surface area contributed by atoms with E-state index in [0.29, 0.717) is 6.04 Å². The largest absolute Gasteiger partial charge is 0.375 e. The van der Waals surface area contributed by atoms with Gasteiger partial charge in [-0.15, -0.1) is 0 Å². The van der Waals surface area contributed by atoms with E-state index in [1.54, 1.807) is 7.05 Å². The third-order valence-corrected chi connectivity index (χ3v) is 5.53. The van der Waals surface area contributed by atoms with Gasteiger partial charge >= 0.3 is 0 Å². The van der Waals surface area contributed by atoms with Crippen LogP contribution in [0.3, 0.4) is 0 Å². The summed E-state index contributed by atoms with van der Waals surface area (Å²) in [5, 5.41) is 6.18. The van der Waals surface area contributed by atoms with Crippen molar-refractivity contribution in [1.82, 2.24) is 15.5 Å². The van der Waals surface area contributed by atoms with Gasteiger partial charge < -0.3 is 15.4 Å². The second kappa shape index (κ2) is 6.63. The van der Waals surface area contributed by atoms with Gasteiger partial charge in [0.05, 0.1) is 5.60 Å². The molecule has 0 bridgehead atoms. The molecule has 2 N–H and O–H groups in total. The molecule has 2 heterocycles. The maximum atomic E-state index is 12.2. The van der Waals surface area contributed by atoms with Crippen LogP contribution in [0.5, 0.6) is 0 Å². The van der Waals surface area contributed by atoms with E-state index < -0.39 is 0 Å². The lowest BCUT2D eigenvalue weighted by atomic mass is 9.77. The molecule has 0 aromatic rings. The molecule has 1 saturated carbocycles. The Morgan fingerprint density at radius 2 is 2.14 bits per heavy atom. The highest BCUT2D eigenvalue weighted by Crippen LogP contribution is 2.40. The number of carbonyl (C=O) groups is 1. The monoisotopic (exact) mass is 295 g/mol. The molecule has 0 radical (unpaired) electrons. The van der Waals surface area contributed by atoms with Crippen LogP contribution in [0.4, 0.5) is 0 Å². The first-order valence-electron chi connectivity index (χ1n) is 8.56. The second-order valence-electron chi connectivity index (χ2n) is 6.81. The van der Waals surface area contributed by atoms with Gasteiger partial charge in [0.15, 0.2) is 0 Å². The summed E-state index contributed by atoms with van der Waals surface area (Å²) in [5.41, 5.74) is 0.110. The summed E-state index contributed by atoms with van der Waals surface area (Å²) in [6, 6.07) is 0.480. The van der Waals surface area contributed by atoms with Crippen molar-refractivity contribution < 1.29 is 9.53 Å². The van der Waals surface area contributed by atoms with E-state index >= 15 is 0 Å². The Labute approximate surface area is 127 Å². The van der Waals surface area contributed by atoms with Crippen LogP contribution < -0.4 is 10.6 Å². The number of carbonyl (C=O) groups excluding carboxylic acids is 1. The van der Waals surface area contributed by atoms with E-state index in [4.69, 9.17) is 4.74 Å². The van der Waals surface area contributed by atoms with Crippen molar-refractivity contribution in [2.24, 2.45) is 0 Å². The molecule has 5 nitrogen and oxygen atoms in total. The van der Waals surface area contributed by atoms with Crippen LogP contribution in [0, 0.1) is 0 Å². The highest BCUT2D eigenvalue weighted by atomic mass is 16.5. The van der Waals surface area contributed by atoms with Gasteiger partial charge in [-0.1, -0.05) is 19.3 Å². The number of hydrogen-bond acceptors (Lipinski definition) is 4. The van der Waals surface area contributed by atoms with Gasteiger partial charge in [0, 0.05) is 39.3 Å². The van der Waals surface area contributed by atoms with E-state index in [1.807, 2.05) is 0 Å². The van der Waals surface area contributed by atoms with Gasteiger partial charge in [-0.2, -0.15) is 0 Å². The van der Waals surface area contributed by atoms with Gasteiger partial charge in [-0.3, -0.25) is 9.69 Å². The Morgan fingerprint density at radius 1 is 1.33 bits per heavy atom. The number of piperazine rings is 1. The van der Waals surface area contributed by atoms with Crippen LogP contribution >= 0.6 is 0 Å². The lowest BCUT2D eigenvalue weighted by Crippen LogP contribution is -2.62. The van der Waals surface area contributed by atoms with Crippen molar-refractivity contribution in [1.29, 1.82) is 0 Å². The van der Waals surface area contributed by atoms with E-state index in [0.717, 1.165) is 39.1 Å². The van der Waals surface area contributed by atoms with Crippen LogP contribution in [0.1, 0.15) is 44.9 Å². The number of hydrogen-bond donors (Lipinski definition) is 2.